The molecule has 1 fully saturated rings. The molecule has 2 rings (SSSR count). The van der Waals surface area contributed by atoms with Crippen molar-refractivity contribution in [3.63, 3.8) is 0 Å². The van der Waals surface area contributed by atoms with Crippen molar-refractivity contribution in [2.45, 2.75) is 41.2 Å². The Morgan fingerprint density at radius 2 is 2.00 bits per heavy atom. The van der Waals surface area contributed by atoms with Gasteiger partial charge in [0.2, 0.25) is 5.95 Å². The minimum absolute atomic E-state index is 0.422. The van der Waals surface area contributed by atoms with Crippen molar-refractivity contribution in [3.05, 3.63) is 24.5 Å². The van der Waals surface area contributed by atoms with E-state index in [1.165, 1.54) is 0 Å². The van der Waals surface area contributed by atoms with E-state index in [-0.39, 0.29) is 0 Å². The Kier molecular flexibility index (Phi) is 3.04. The molecule has 0 saturated heterocycles. The van der Waals surface area contributed by atoms with E-state index in [1.807, 2.05) is 13.0 Å². The predicted octanol–water partition coefficient (Wildman–Crippen LogP) is 3.47. The lowest BCUT2D eigenvalue weighted by molar-refractivity contribution is 0.457. The molecule has 1 aromatic heterocycles. The molecule has 0 bridgehead atoms. The Balaban J connectivity index is 2.01. The van der Waals surface area contributed by atoms with E-state index in [4.69, 9.17) is 0 Å². The van der Waals surface area contributed by atoms with Gasteiger partial charge >= 0.3 is 0 Å². The van der Waals surface area contributed by atoms with Crippen molar-refractivity contribution < 1.29 is 0 Å². The first kappa shape index (κ1) is 13.2. The number of imidazole rings is 1. The van der Waals surface area contributed by atoms with E-state index in [0.29, 0.717) is 16.7 Å². The maximum Gasteiger partial charge on any atom is 0.203 e. The number of aromatic nitrogens is 2. The fraction of sp³-hybridized carbons (Fsp3) is 0.667. The van der Waals surface area contributed by atoms with Crippen molar-refractivity contribution in [3.8, 4) is 0 Å². The fourth-order valence-corrected chi connectivity index (χ4v) is 3.00. The summed E-state index contributed by atoms with van der Waals surface area (Å²) in [5.74, 6) is 1.67. The molecule has 0 unspecified atom stereocenters. The summed E-state index contributed by atoms with van der Waals surface area (Å²) in [6.07, 6.45) is 3.96. The third-order valence-corrected chi connectivity index (χ3v) is 5.01. The van der Waals surface area contributed by atoms with E-state index in [0.717, 1.165) is 24.7 Å². The standard InChI is InChI=1S/C15H25N3/c1-7-8-18-10-11(2)17-13(18)16-9-12-14(3,4)15(12,5)6/h7,10,12H,1,8-9H2,2-6H3,(H,16,17). The van der Waals surface area contributed by atoms with Crippen LogP contribution in [0.25, 0.3) is 0 Å². The highest BCUT2D eigenvalue weighted by Gasteiger charge is 2.64. The van der Waals surface area contributed by atoms with Gasteiger partial charge < -0.3 is 9.88 Å². The van der Waals surface area contributed by atoms with Crippen LogP contribution in [-0.4, -0.2) is 16.1 Å². The molecule has 3 heteroatoms. The highest BCUT2D eigenvalue weighted by molar-refractivity contribution is 5.31. The van der Waals surface area contributed by atoms with Gasteiger partial charge in [0.25, 0.3) is 0 Å². The summed E-state index contributed by atoms with van der Waals surface area (Å²) in [5.41, 5.74) is 1.89. The first-order chi connectivity index (χ1) is 8.30. The summed E-state index contributed by atoms with van der Waals surface area (Å²) in [6, 6.07) is 0. The predicted molar refractivity (Wildman–Crippen MR) is 76.7 cm³/mol. The molecule has 1 aliphatic rings. The van der Waals surface area contributed by atoms with E-state index in [2.05, 4.69) is 55.3 Å². The zero-order valence-electron chi connectivity index (χ0n) is 12.2. The fourth-order valence-electron chi connectivity index (χ4n) is 3.00. The van der Waals surface area contributed by atoms with Crippen LogP contribution in [0.1, 0.15) is 33.4 Å². The zero-order chi connectivity index (χ0) is 13.6. The van der Waals surface area contributed by atoms with Crippen LogP contribution in [0, 0.1) is 23.7 Å². The van der Waals surface area contributed by atoms with Crippen LogP contribution in [-0.2, 0) is 6.54 Å². The van der Waals surface area contributed by atoms with Crippen LogP contribution >= 0.6 is 0 Å². The van der Waals surface area contributed by atoms with Gasteiger partial charge in [0, 0.05) is 19.3 Å². The second kappa shape index (κ2) is 4.15. The highest BCUT2D eigenvalue weighted by atomic mass is 15.2. The van der Waals surface area contributed by atoms with Gasteiger partial charge in [-0.05, 0) is 23.7 Å². The van der Waals surface area contributed by atoms with Crippen molar-refractivity contribution in [1.82, 2.24) is 9.55 Å². The van der Waals surface area contributed by atoms with E-state index < -0.39 is 0 Å². The van der Waals surface area contributed by atoms with Gasteiger partial charge in [0.15, 0.2) is 0 Å². The molecule has 3 nitrogen and oxygen atoms in total. The third kappa shape index (κ3) is 1.96. The molecule has 0 aromatic carbocycles. The average Bonchev–Trinajstić information content (AvgIpc) is 2.56. The molecule has 0 radical (unpaired) electrons. The normalized spacial score (nSPS) is 20.7. The van der Waals surface area contributed by atoms with Gasteiger partial charge in [-0.15, -0.1) is 6.58 Å². The monoisotopic (exact) mass is 247 g/mol. The van der Waals surface area contributed by atoms with Crippen molar-refractivity contribution in [2.24, 2.45) is 16.7 Å². The van der Waals surface area contributed by atoms with Crippen LogP contribution in [0.5, 0.6) is 0 Å². The topological polar surface area (TPSA) is 29.9 Å². The van der Waals surface area contributed by atoms with Crippen LogP contribution in [0.15, 0.2) is 18.9 Å². The molecular weight excluding hydrogens is 222 g/mol. The molecule has 1 saturated carbocycles. The van der Waals surface area contributed by atoms with Gasteiger partial charge in [0.05, 0.1) is 5.69 Å². The van der Waals surface area contributed by atoms with Crippen molar-refractivity contribution in [2.75, 3.05) is 11.9 Å². The highest BCUT2D eigenvalue weighted by Crippen LogP contribution is 2.68. The Bertz CT molecular complexity index is 440. The van der Waals surface area contributed by atoms with E-state index in [9.17, 15) is 0 Å². The summed E-state index contributed by atoms with van der Waals surface area (Å²) in [6.45, 7) is 17.0. The van der Waals surface area contributed by atoms with Crippen LogP contribution in [0.4, 0.5) is 5.95 Å². The number of hydrogen-bond acceptors (Lipinski definition) is 2. The molecular formula is C15H25N3. The molecule has 100 valence electrons. The number of hydrogen-bond donors (Lipinski definition) is 1. The van der Waals surface area contributed by atoms with Gasteiger partial charge in [-0.1, -0.05) is 33.8 Å². The zero-order valence-corrected chi connectivity index (χ0v) is 12.2. The quantitative estimate of drug-likeness (QED) is 0.807. The molecule has 0 spiro atoms. The molecule has 1 heterocycles. The SMILES string of the molecule is C=CCn1cc(C)nc1NCC1C(C)(C)C1(C)C. The Morgan fingerprint density at radius 1 is 1.39 bits per heavy atom. The summed E-state index contributed by atoms with van der Waals surface area (Å²) < 4.78 is 2.12. The Morgan fingerprint density at radius 3 is 2.50 bits per heavy atom. The second-order valence-corrected chi connectivity index (χ2v) is 6.52. The molecule has 18 heavy (non-hydrogen) atoms. The Labute approximate surface area is 110 Å². The summed E-state index contributed by atoms with van der Waals surface area (Å²) >= 11 is 0. The number of nitrogens with zero attached hydrogens (tertiary/aromatic N) is 2. The van der Waals surface area contributed by atoms with Crippen molar-refractivity contribution >= 4 is 5.95 Å². The lowest BCUT2D eigenvalue weighted by Crippen LogP contribution is -2.12. The lowest BCUT2D eigenvalue weighted by atomic mass is 10.0. The summed E-state index contributed by atoms with van der Waals surface area (Å²) in [4.78, 5) is 4.53. The third-order valence-electron chi connectivity index (χ3n) is 5.01. The minimum Gasteiger partial charge on any atom is -0.355 e. The number of anilines is 1. The molecule has 0 amide bonds. The first-order valence-corrected chi connectivity index (χ1v) is 6.69. The second-order valence-electron chi connectivity index (χ2n) is 6.52. The summed E-state index contributed by atoms with van der Waals surface area (Å²) in [5, 5.41) is 3.50. The number of allylic oxidation sites excluding steroid dienone is 1. The van der Waals surface area contributed by atoms with Gasteiger partial charge in [-0.25, -0.2) is 4.98 Å². The molecule has 0 atom stereocenters. The number of aryl methyl sites for hydroxylation is 1. The minimum atomic E-state index is 0.422. The lowest BCUT2D eigenvalue weighted by Gasteiger charge is -2.08. The maximum atomic E-state index is 4.53. The van der Waals surface area contributed by atoms with Crippen molar-refractivity contribution in [1.29, 1.82) is 0 Å². The summed E-state index contributed by atoms with van der Waals surface area (Å²) in [7, 11) is 0. The van der Waals surface area contributed by atoms with E-state index >= 15 is 0 Å². The largest absolute Gasteiger partial charge is 0.355 e. The molecule has 0 aliphatic heterocycles. The van der Waals surface area contributed by atoms with Crippen LogP contribution in [0.3, 0.4) is 0 Å². The van der Waals surface area contributed by atoms with Gasteiger partial charge in [-0.2, -0.15) is 0 Å². The molecule has 1 aromatic rings. The molecule has 1 aliphatic carbocycles. The van der Waals surface area contributed by atoms with Crippen LogP contribution < -0.4 is 5.32 Å². The van der Waals surface area contributed by atoms with E-state index in [1.54, 1.807) is 0 Å². The number of rotatable bonds is 5. The smallest absolute Gasteiger partial charge is 0.203 e. The Hall–Kier alpha value is -1.25. The van der Waals surface area contributed by atoms with Gasteiger partial charge in [0.1, 0.15) is 0 Å². The van der Waals surface area contributed by atoms with Crippen LogP contribution in [0.2, 0.25) is 0 Å². The average molecular weight is 247 g/mol. The first-order valence-electron chi connectivity index (χ1n) is 6.69. The van der Waals surface area contributed by atoms with Gasteiger partial charge in [-0.3, -0.25) is 0 Å². The molecule has 1 N–H and O–H groups in total. The maximum absolute atomic E-state index is 4.53. The number of nitrogens with one attached hydrogen (secondary N) is 1.